The molecule has 2 N–H and O–H groups in total. The predicted molar refractivity (Wildman–Crippen MR) is 112 cm³/mol. The van der Waals surface area contributed by atoms with Crippen molar-refractivity contribution in [1.29, 1.82) is 0 Å². The van der Waals surface area contributed by atoms with Gasteiger partial charge < -0.3 is 10.1 Å². The van der Waals surface area contributed by atoms with E-state index < -0.39 is 23.3 Å². The van der Waals surface area contributed by atoms with E-state index in [9.17, 15) is 14.4 Å². The summed E-state index contributed by atoms with van der Waals surface area (Å²) in [6.07, 6.45) is 0. The molecular formula is C24H27N2O4+. The SMILES string of the molecule is CCOC(=O)[C@@]1(C)[NH2+][C@@H](c2ccccc2C)[C@H]2C(=O)N(c3ccc(C)cc3)C(=O)[C@H]21. The normalized spacial score (nSPS) is 28.0. The number of aryl methyl sites for hydroxylation is 2. The van der Waals surface area contributed by atoms with Gasteiger partial charge in [-0.15, -0.1) is 0 Å². The Bertz CT molecular complexity index is 1020. The zero-order chi connectivity index (χ0) is 21.6. The highest BCUT2D eigenvalue weighted by Gasteiger charge is 2.71. The Hall–Kier alpha value is -2.99. The number of hydrogen-bond donors (Lipinski definition) is 1. The molecular weight excluding hydrogens is 380 g/mol. The number of amides is 2. The van der Waals surface area contributed by atoms with Crippen LogP contribution in [0.15, 0.2) is 48.5 Å². The van der Waals surface area contributed by atoms with Crippen LogP contribution in [0.1, 0.15) is 36.6 Å². The van der Waals surface area contributed by atoms with Gasteiger partial charge in [0.15, 0.2) is 0 Å². The third kappa shape index (κ3) is 2.94. The second-order valence-electron chi connectivity index (χ2n) is 8.40. The topological polar surface area (TPSA) is 80.3 Å². The molecule has 2 fully saturated rings. The first kappa shape index (κ1) is 20.3. The molecule has 0 spiro atoms. The van der Waals surface area contributed by atoms with Crippen LogP contribution in [0.25, 0.3) is 0 Å². The van der Waals surface area contributed by atoms with Crippen LogP contribution in [0.5, 0.6) is 0 Å². The summed E-state index contributed by atoms with van der Waals surface area (Å²) in [7, 11) is 0. The maximum absolute atomic E-state index is 13.6. The van der Waals surface area contributed by atoms with E-state index in [1.807, 2.05) is 55.6 Å². The number of nitrogens with zero attached hydrogens (tertiary/aromatic N) is 1. The molecule has 2 aliphatic heterocycles. The van der Waals surface area contributed by atoms with E-state index in [0.717, 1.165) is 16.7 Å². The average molecular weight is 407 g/mol. The number of fused-ring (bicyclic) bond motifs is 1. The van der Waals surface area contributed by atoms with E-state index >= 15 is 0 Å². The molecule has 0 saturated carbocycles. The Morgan fingerprint density at radius 2 is 1.73 bits per heavy atom. The fourth-order valence-electron chi connectivity index (χ4n) is 4.94. The Balaban J connectivity index is 1.83. The molecule has 0 radical (unpaired) electrons. The number of quaternary nitrogens is 1. The van der Waals surface area contributed by atoms with E-state index in [2.05, 4.69) is 0 Å². The lowest BCUT2D eigenvalue weighted by atomic mass is 9.80. The largest absolute Gasteiger partial charge is 0.461 e. The highest BCUT2D eigenvalue weighted by Crippen LogP contribution is 2.46. The third-order valence-corrected chi connectivity index (χ3v) is 6.46. The molecule has 2 aromatic rings. The van der Waals surface area contributed by atoms with Crippen molar-refractivity contribution in [2.45, 2.75) is 39.3 Å². The van der Waals surface area contributed by atoms with Crippen molar-refractivity contribution in [2.75, 3.05) is 11.5 Å². The molecule has 0 aliphatic carbocycles. The summed E-state index contributed by atoms with van der Waals surface area (Å²) in [5, 5.41) is 1.87. The predicted octanol–water partition coefficient (Wildman–Crippen LogP) is 2.05. The summed E-state index contributed by atoms with van der Waals surface area (Å²) < 4.78 is 5.34. The Morgan fingerprint density at radius 1 is 1.07 bits per heavy atom. The van der Waals surface area contributed by atoms with Crippen LogP contribution in [0.3, 0.4) is 0 Å². The van der Waals surface area contributed by atoms with Gasteiger partial charge in [-0.2, -0.15) is 0 Å². The summed E-state index contributed by atoms with van der Waals surface area (Å²) in [6, 6.07) is 14.8. The molecule has 2 heterocycles. The van der Waals surface area contributed by atoms with Gasteiger partial charge in [0.05, 0.1) is 12.3 Å². The molecule has 0 aromatic heterocycles. The molecule has 4 atom stereocenters. The lowest BCUT2D eigenvalue weighted by Gasteiger charge is -2.26. The van der Waals surface area contributed by atoms with Crippen molar-refractivity contribution in [3.8, 4) is 0 Å². The molecule has 2 amide bonds. The number of imide groups is 1. The number of ether oxygens (including phenoxy) is 1. The fourth-order valence-corrected chi connectivity index (χ4v) is 4.94. The Morgan fingerprint density at radius 3 is 2.37 bits per heavy atom. The van der Waals surface area contributed by atoms with Gasteiger partial charge in [0, 0.05) is 12.5 Å². The van der Waals surface area contributed by atoms with Crippen molar-refractivity contribution in [3.05, 3.63) is 65.2 Å². The highest BCUT2D eigenvalue weighted by atomic mass is 16.5. The molecule has 2 saturated heterocycles. The van der Waals surface area contributed by atoms with Gasteiger partial charge in [0.25, 0.3) is 0 Å². The fraction of sp³-hybridized carbons (Fsp3) is 0.375. The zero-order valence-electron chi connectivity index (χ0n) is 17.7. The molecule has 0 bridgehead atoms. The quantitative estimate of drug-likeness (QED) is 0.621. The minimum absolute atomic E-state index is 0.221. The first-order chi connectivity index (χ1) is 14.3. The van der Waals surface area contributed by atoms with Gasteiger partial charge in [0.2, 0.25) is 17.4 Å². The van der Waals surface area contributed by atoms with Crippen molar-refractivity contribution in [1.82, 2.24) is 0 Å². The van der Waals surface area contributed by atoms with Gasteiger partial charge in [-0.05, 0) is 38.5 Å². The number of nitrogens with two attached hydrogens (primary N) is 1. The standard InChI is InChI=1S/C24H26N2O4/c1-5-30-23(29)24(4)19-18(20(25-24)17-9-7-6-8-15(17)3)21(27)26(22(19)28)16-12-10-14(2)11-13-16/h6-13,18-20,25H,5H2,1-4H3/p+1/t18-,19-,20-,24-/m0/s1. The molecule has 6 heteroatoms. The number of hydrogen-bond acceptors (Lipinski definition) is 4. The monoisotopic (exact) mass is 407 g/mol. The summed E-state index contributed by atoms with van der Waals surface area (Å²) in [6.45, 7) is 7.63. The lowest BCUT2D eigenvalue weighted by molar-refractivity contribution is -0.731. The number of esters is 1. The van der Waals surface area contributed by atoms with Crippen LogP contribution in [0.4, 0.5) is 5.69 Å². The molecule has 2 aliphatic rings. The summed E-state index contributed by atoms with van der Waals surface area (Å²) >= 11 is 0. The van der Waals surface area contributed by atoms with Gasteiger partial charge >= 0.3 is 5.97 Å². The second kappa shape index (κ2) is 7.36. The van der Waals surface area contributed by atoms with Gasteiger partial charge in [-0.1, -0.05) is 42.0 Å². The van der Waals surface area contributed by atoms with Crippen molar-refractivity contribution >= 4 is 23.5 Å². The second-order valence-corrected chi connectivity index (χ2v) is 8.40. The van der Waals surface area contributed by atoms with E-state index in [0.29, 0.717) is 5.69 Å². The number of benzene rings is 2. The number of carbonyl (C=O) groups is 3. The first-order valence-electron chi connectivity index (χ1n) is 10.3. The zero-order valence-corrected chi connectivity index (χ0v) is 17.7. The third-order valence-electron chi connectivity index (χ3n) is 6.46. The maximum Gasteiger partial charge on any atom is 0.368 e. The minimum atomic E-state index is -1.17. The van der Waals surface area contributed by atoms with Crippen LogP contribution in [-0.4, -0.2) is 29.9 Å². The van der Waals surface area contributed by atoms with Crippen LogP contribution < -0.4 is 10.2 Å². The maximum atomic E-state index is 13.6. The molecule has 30 heavy (non-hydrogen) atoms. The molecule has 156 valence electrons. The molecule has 6 nitrogen and oxygen atoms in total. The summed E-state index contributed by atoms with van der Waals surface area (Å²) in [4.78, 5) is 41.4. The first-order valence-corrected chi connectivity index (χ1v) is 10.3. The Labute approximate surface area is 176 Å². The lowest BCUT2D eigenvalue weighted by Crippen LogP contribution is -2.97. The van der Waals surface area contributed by atoms with Crippen molar-refractivity contribution < 1.29 is 24.4 Å². The molecule has 4 rings (SSSR count). The van der Waals surface area contributed by atoms with E-state index in [-0.39, 0.29) is 24.5 Å². The number of rotatable bonds is 4. The van der Waals surface area contributed by atoms with Crippen LogP contribution in [0, 0.1) is 25.7 Å². The number of carbonyl (C=O) groups excluding carboxylic acids is 3. The summed E-state index contributed by atoms with van der Waals surface area (Å²) in [5.74, 6) is -2.46. The van der Waals surface area contributed by atoms with Crippen molar-refractivity contribution in [3.63, 3.8) is 0 Å². The van der Waals surface area contributed by atoms with Gasteiger partial charge in [-0.3, -0.25) is 9.59 Å². The van der Waals surface area contributed by atoms with Crippen LogP contribution >= 0.6 is 0 Å². The van der Waals surface area contributed by atoms with E-state index in [1.54, 1.807) is 26.0 Å². The van der Waals surface area contributed by atoms with Crippen LogP contribution in [-0.2, 0) is 19.1 Å². The van der Waals surface area contributed by atoms with E-state index in [1.165, 1.54) is 4.90 Å². The Kier molecular flexibility index (Phi) is 4.98. The molecule has 2 aromatic carbocycles. The van der Waals surface area contributed by atoms with Crippen LogP contribution in [0.2, 0.25) is 0 Å². The van der Waals surface area contributed by atoms with E-state index in [4.69, 9.17) is 4.74 Å². The molecule has 0 unspecified atom stereocenters. The highest BCUT2D eigenvalue weighted by molar-refractivity contribution is 6.23. The van der Waals surface area contributed by atoms with Gasteiger partial charge in [0.1, 0.15) is 17.9 Å². The number of anilines is 1. The average Bonchev–Trinajstić information content (AvgIpc) is 3.17. The van der Waals surface area contributed by atoms with Crippen molar-refractivity contribution in [2.24, 2.45) is 11.8 Å². The smallest absolute Gasteiger partial charge is 0.368 e. The summed E-state index contributed by atoms with van der Waals surface area (Å²) in [5.41, 5.74) is 2.41. The van der Waals surface area contributed by atoms with Gasteiger partial charge in [-0.25, -0.2) is 9.69 Å². The minimum Gasteiger partial charge on any atom is -0.461 e.